The molecule has 0 aliphatic carbocycles. The summed E-state index contributed by atoms with van der Waals surface area (Å²) in [4.78, 5) is 23.8. The zero-order chi connectivity index (χ0) is 17.2. The Kier molecular flexibility index (Phi) is 4.29. The lowest BCUT2D eigenvalue weighted by Gasteiger charge is -2.12. The molecule has 8 heteroatoms. The van der Waals surface area contributed by atoms with Crippen LogP contribution < -0.4 is 4.90 Å². The van der Waals surface area contributed by atoms with Crippen molar-refractivity contribution in [2.75, 3.05) is 11.9 Å². The van der Waals surface area contributed by atoms with Crippen LogP contribution in [0.2, 0.25) is 0 Å². The van der Waals surface area contributed by atoms with E-state index in [1.165, 1.54) is 11.3 Å². The van der Waals surface area contributed by atoms with Gasteiger partial charge in [-0.05, 0) is 23.6 Å². The topological polar surface area (TPSA) is 72.1 Å². The third-order valence-electron chi connectivity index (χ3n) is 3.71. The van der Waals surface area contributed by atoms with Crippen LogP contribution in [-0.2, 0) is 11.2 Å². The van der Waals surface area contributed by atoms with Gasteiger partial charge in [0, 0.05) is 19.9 Å². The molecular weight excluding hydrogens is 356 g/mol. The second kappa shape index (κ2) is 6.73. The van der Waals surface area contributed by atoms with Crippen LogP contribution in [-0.4, -0.2) is 28.1 Å². The number of amides is 1. The number of aromatic nitrogens is 3. The van der Waals surface area contributed by atoms with Crippen molar-refractivity contribution in [2.45, 2.75) is 12.8 Å². The predicted octanol–water partition coefficient (Wildman–Crippen LogP) is 4.00. The van der Waals surface area contributed by atoms with E-state index in [-0.39, 0.29) is 5.91 Å². The molecule has 0 atom stereocenters. The van der Waals surface area contributed by atoms with E-state index in [1.54, 1.807) is 23.3 Å². The SMILES string of the molecule is CN(C(=O)CCc1nc(-c2cccs2)no1)c1nc2ccccc2s1. The predicted molar refractivity (Wildman–Crippen MR) is 99.0 cm³/mol. The van der Waals surface area contributed by atoms with E-state index in [9.17, 15) is 4.79 Å². The Morgan fingerprint density at radius 3 is 2.88 bits per heavy atom. The minimum atomic E-state index is -0.0325. The van der Waals surface area contributed by atoms with Gasteiger partial charge in [-0.15, -0.1) is 11.3 Å². The molecule has 126 valence electrons. The van der Waals surface area contributed by atoms with Crippen molar-refractivity contribution in [3.8, 4) is 10.7 Å². The van der Waals surface area contributed by atoms with E-state index >= 15 is 0 Å². The molecule has 25 heavy (non-hydrogen) atoms. The Morgan fingerprint density at radius 1 is 1.20 bits per heavy atom. The largest absolute Gasteiger partial charge is 0.339 e. The normalized spacial score (nSPS) is 11.1. The first-order chi connectivity index (χ1) is 12.2. The van der Waals surface area contributed by atoms with Gasteiger partial charge in [0.1, 0.15) is 0 Å². The van der Waals surface area contributed by atoms with Crippen LogP contribution in [0, 0.1) is 0 Å². The molecule has 0 aliphatic heterocycles. The molecule has 1 aromatic carbocycles. The molecule has 3 aromatic heterocycles. The summed E-state index contributed by atoms with van der Waals surface area (Å²) in [5.74, 6) is 1.00. The van der Waals surface area contributed by atoms with Crippen LogP contribution in [0.5, 0.6) is 0 Å². The Bertz CT molecular complexity index is 974. The van der Waals surface area contributed by atoms with Gasteiger partial charge in [0.15, 0.2) is 5.13 Å². The van der Waals surface area contributed by atoms with Crippen LogP contribution in [0.15, 0.2) is 46.3 Å². The number of fused-ring (bicyclic) bond motifs is 1. The Hall–Kier alpha value is -2.58. The number of aryl methyl sites for hydroxylation is 1. The number of nitrogens with zero attached hydrogens (tertiary/aromatic N) is 4. The monoisotopic (exact) mass is 370 g/mol. The first-order valence-electron chi connectivity index (χ1n) is 7.69. The molecule has 6 nitrogen and oxygen atoms in total. The second-order valence-corrected chi connectivity index (χ2v) is 7.36. The number of carbonyl (C=O) groups is 1. The van der Waals surface area contributed by atoms with Crippen LogP contribution in [0.25, 0.3) is 20.9 Å². The molecule has 0 radical (unpaired) electrons. The van der Waals surface area contributed by atoms with Gasteiger partial charge in [-0.1, -0.05) is 34.7 Å². The minimum absolute atomic E-state index is 0.0325. The van der Waals surface area contributed by atoms with Gasteiger partial charge in [-0.2, -0.15) is 4.98 Å². The smallest absolute Gasteiger partial charge is 0.229 e. The zero-order valence-electron chi connectivity index (χ0n) is 13.4. The number of hydrogen-bond donors (Lipinski definition) is 0. The molecule has 0 spiro atoms. The standard InChI is InChI=1S/C17H14N4O2S2/c1-21(17-18-11-5-2-3-6-12(11)25-17)15(22)9-8-14-19-16(20-23-14)13-7-4-10-24-13/h2-7,10H,8-9H2,1H3. The summed E-state index contributed by atoms with van der Waals surface area (Å²) in [5.41, 5.74) is 0.902. The van der Waals surface area contributed by atoms with Gasteiger partial charge >= 0.3 is 0 Å². The summed E-state index contributed by atoms with van der Waals surface area (Å²) >= 11 is 3.05. The molecule has 0 unspecified atom stereocenters. The number of anilines is 1. The van der Waals surface area contributed by atoms with E-state index in [0.29, 0.717) is 29.7 Å². The molecule has 4 aromatic rings. The quantitative estimate of drug-likeness (QED) is 0.531. The Labute approximate surface area is 151 Å². The highest BCUT2D eigenvalue weighted by Crippen LogP contribution is 2.28. The lowest BCUT2D eigenvalue weighted by molar-refractivity contribution is -0.118. The van der Waals surface area contributed by atoms with Gasteiger partial charge in [-0.25, -0.2) is 4.98 Å². The van der Waals surface area contributed by atoms with E-state index in [1.807, 2.05) is 41.8 Å². The summed E-state index contributed by atoms with van der Waals surface area (Å²) in [6.07, 6.45) is 0.699. The zero-order valence-corrected chi connectivity index (χ0v) is 15.0. The molecule has 0 aliphatic rings. The molecule has 4 rings (SSSR count). The van der Waals surface area contributed by atoms with E-state index < -0.39 is 0 Å². The fraction of sp³-hybridized carbons (Fsp3) is 0.176. The number of thiophene rings is 1. The highest BCUT2D eigenvalue weighted by Gasteiger charge is 2.17. The third kappa shape index (κ3) is 3.31. The summed E-state index contributed by atoms with van der Waals surface area (Å²) in [6.45, 7) is 0. The Morgan fingerprint density at radius 2 is 2.08 bits per heavy atom. The lowest BCUT2D eigenvalue weighted by atomic mass is 10.3. The minimum Gasteiger partial charge on any atom is -0.339 e. The van der Waals surface area contributed by atoms with Crippen LogP contribution >= 0.6 is 22.7 Å². The molecule has 0 fully saturated rings. The van der Waals surface area contributed by atoms with Crippen LogP contribution in [0.4, 0.5) is 5.13 Å². The average Bonchev–Trinajstić information content (AvgIpc) is 3.38. The maximum Gasteiger partial charge on any atom is 0.229 e. The van der Waals surface area contributed by atoms with Crippen molar-refractivity contribution < 1.29 is 9.32 Å². The average molecular weight is 370 g/mol. The molecule has 3 heterocycles. The molecule has 0 saturated heterocycles. The van der Waals surface area contributed by atoms with Crippen LogP contribution in [0.1, 0.15) is 12.3 Å². The number of para-hydroxylation sites is 1. The highest BCUT2D eigenvalue weighted by atomic mass is 32.1. The van der Waals surface area contributed by atoms with Crippen molar-refractivity contribution >= 4 is 43.9 Å². The van der Waals surface area contributed by atoms with Gasteiger partial charge in [0.05, 0.1) is 15.1 Å². The fourth-order valence-electron chi connectivity index (χ4n) is 2.35. The number of rotatable bonds is 5. The van der Waals surface area contributed by atoms with Crippen molar-refractivity contribution in [3.05, 3.63) is 47.7 Å². The van der Waals surface area contributed by atoms with Gasteiger partial charge in [0.2, 0.25) is 17.6 Å². The van der Waals surface area contributed by atoms with E-state index in [2.05, 4.69) is 15.1 Å². The number of benzene rings is 1. The van der Waals surface area contributed by atoms with Crippen molar-refractivity contribution in [3.63, 3.8) is 0 Å². The maximum atomic E-state index is 12.4. The van der Waals surface area contributed by atoms with E-state index in [4.69, 9.17) is 4.52 Å². The third-order valence-corrected chi connectivity index (χ3v) is 5.68. The molecule has 0 bridgehead atoms. The molecule has 0 N–H and O–H groups in total. The summed E-state index contributed by atoms with van der Waals surface area (Å²) < 4.78 is 6.30. The first-order valence-corrected chi connectivity index (χ1v) is 9.39. The molecule has 1 amide bonds. The highest BCUT2D eigenvalue weighted by molar-refractivity contribution is 7.22. The summed E-state index contributed by atoms with van der Waals surface area (Å²) in [7, 11) is 1.74. The molecular formula is C17H14N4O2S2. The number of carbonyl (C=O) groups excluding carboxylic acids is 1. The van der Waals surface area contributed by atoms with Crippen LogP contribution in [0.3, 0.4) is 0 Å². The second-order valence-electron chi connectivity index (χ2n) is 5.41. The lowest BCUT2D eigenvalue weighted by Crippen LogP contribution is -2.26. The first kappa shape index (κ1) is 15.9. The van der Waals surface area contributed by atoms with Gasteiger partial charge < -0.3 is 4.52 Å². The van der Waals surface area contributed by atoms with Crippen molar-refractivity contribution in [2.24, 2.45) is 0 Å². The summed E-state index contributed by atoms with van der Waals surface area (Å²) in [6, 6.07) is 11.7. The number of thiazole rings is 1. The van der Waals surface area contributed by atoms with Crippen molar-refractivity contribution in [1.29, 1.82) is 0 Å². The molecule has 0 saturated carbocycles. The van der Waals surface area contributed by atoms with Crippen molar-refractivity contribution in [1.82, 2.24) is 15.1 Å². The number of hydrogen-bond acceptors (Lipinski definition) is 7. The fourth-order valence-corrected chi connectivity index (χ4v) is 3.95. The van der Waals surface area contributed by atoms with Gasteiger partial charge in [-0.3, -0.25) is 9.69 Å². The summed E-state index contributed by atoms with van der Waals surface area (Å²) in [5, 5.41) is 6.61. The van der Waals surface area contributed by atoms with Gasteiger partial charge in [0.25, 0.3) is 0 Å². The van der Waals surface area contributed by atoms with E-state index in [0.717, 1.165) is 15.1 Å². The Balaban J connectivity index is 1.41. The maximum absolute atomic E-state index is 12.4.